The topological polar surface area (TPSA) is 70.8 Å². The highest BCUT2D eigenvalue weighted by molar-refractivity contribution is 9.10. The van der Waals surface area contributed by atoms with Crippen LogP contribution in [0, 0.1) is 10.1 Å². The Bertz CT molecular complexity index is 399. The zero-order valence-corrected chi connectivity index (χ0v) is 11.5. The molecule has 7 heteroatoms. The third-order valence-corrected chi connectivity index (χ3v) is 2.53. The Labute approximate surface area is 113 Å². The number of nitrogens with zero attached hydrogens (tertiary/aromatic N) is 1. The van der Waals surface area contributed by atoms with Gasteiger partial charge in [0.25, 0.3) is 0 Å². The summed E-state index contributed by atoms with van der Waals surface area (Å²) >= 11 is 3.18. The van der Waals surface area contributed by atoms with Crippen molar-refractivity contribution in [3.05, 3.63) is 32.8 Å². The molecule has 0 N–H and O–H groups in total. The van der Waals surface area contributed by atoms with Gasteiger partial charge in [0.05, 0.1) is 24.7 Å². The van der Waals surface area contributed by atoms with Crippen LogP contribution in [0.3, 0.4) is 0 Å². The Kier molecular flexibility index (Phi) is 6.63. The van der Waals surface area contributed by atoms with Crippen LogP contribution >= 0.6 is 15.9 Å². The molecule has 100 valence electrons. The van der Waals surface area contributed by atoms with Gasteiger partial charge in [0.1, 0.15) is 6.61 Å². The summed E-state index contributed by atoms with van der Waals surface area (Å²) in [5.74, 6) is 0.235. The molecular weight excluding hydrogens is 306 g/mol. The molecule has 6 nitrogen and oxygen atoms in total. The van der Waals surface area contributed by atoms with Crippen molar-refractivity contribution >= 4 is 21.6 Å². The van der Waals surface area contributed by atoms with Gasteiger partial charge in [-0.2, -0.15) is 0 Å². The molecule has 18 heavy (non-hydrogen) atoms. The first-order valence-electron chi connectivity index (χ1n) is 5.28. The van der Waals surface area contributed by atoms with Gasteiger partial charge >= 0.3 is 5.69 Å². The molecule has 0 saturated heterocycles. The SMILES string of the molecule is COCCOCCOc1ccc(Br)cc1[N+](=O)[O-]. The van der Waals surface area contributed by atoms with Gasteiger partial charge in [-0.15, -0.1) is 0 Å². The van der Waals surface area contributed by atoms with Crippen molar-refractivity contribution in [2.45, 2.75) is 0 Å². The number of hydrogen-bond donors (Lipinski definition) is 0. The molecule has 0 heterocycles. The summed E-state index contributed by atoms with van der Waals surface area (Å²) in [6, 6.07) is 4.65. The molecule has 0 fully saturated rings. The van der Waals surface area contributed by atoms with E-state index >= 15 is 0 Å². The smallest absolute Gasteiger partial charge is 0.312 e. The van der Waals surface area contributed by atoms with Crippen molar-refractivity contribution in [1.29, 1.82) is 0 Å². The molecular formula is C11H14BrNO5. The first-order valence-corrected chi connectivity index (χ1v) is 6.08. The minimum Gasteiger partial charge on any atom is -0.484 e. The molecule has 0 atom stereocenters. The van der Waals surface area contributed by atoms with Crippen LogP contribution in [-0.4, -0.2) is 38.5 Å². The zero-order chi connectivity index (χ0) is 13.4. The molecule has 1 rings (SSSR count). The molecule has 0 unspecified atom stereocenters. The average molecular weight is 320 g/mol. The summed E-state index contributed by atoms with van der Waals surface area (Å²) in [6.45, 7) is 1.60. The van der Waals surface area contributed by atoms with Crippen molar-refractivity contribution < 1.29 is 19.1 Å². The second-order valence-corrected chi connectivity index (χ2v) is 4.24. The maximum absolute atomic E-state index is 10.8. The molecule has 0 aromatic heterocycles. The zero-order valence-electron chi connectivity index (χ0n) is 9.93. The van der Waals surface area contributed by atoms with Crippen molar-refractivity contribution in [3.8, 4) is 5.75 Å². The summed E-state index contributed by atoms with van der Waals surface area (Å²) in [4.78, 5) is 10.3. The number of halogens is 1. The highest BCUT2D eigenvalue weighted by Gasteiger charge is 2.15. The molecule has 0 aliphatic rings. The molecule has 0 amide bonds. The van der Waals surface area contributed by atoms with Crippen LogP contribution in [0.4, 0.5) is 5.69 Å². The minimum atomic E-state index is -0.480. The summed E-state index contributed by atoms with van der Waals surface area (Å²) in [6.07, 6.45) is 0. The van der Waals surface area contributed by atoms with Crippen LogP contribution in [0.5, 0.6) is 5.75 Å². The maximum Gasteiger partial charge on any atom is 0.312 e. The number of nitro benzene ring substituents is 1. The van der Waals surface area contributed by atoms with Crippen LogP contribution in [-0.2, 0) is 9.47 Å². The van der Waals surface area contributed by atoms with Crippen molar-refractivity contribution in [3.63, 3.8) is 0 Å². The summed E-state index contributed by atoms with van der Waals surface area (Å²) in [5, 5.41) is 10.8. The number of benzene rings is 1. The van der Waals surface area contributed by atoms with E-state index in [1.165, 1.54) is 6.07 Å². The van der Waals surface area contributed by atoms with Gasteiger partial charge in [0.15, 0.2) is 5.75 Å². The van der Waals surface area contributed by atoms with E-state index in [0.717, 1.165) is 0 Å². The minimum absolute atomic E-state index is 0.0683. The molecule has 0 bridgehead atoms. The van der Waals surface area contributed by atoms with E-state index in [1.807, 2.05) is 0 Å². The Morgan fingerprint density at radius 1 is 1.28 bits per heavy atom. The monoisotopic (exact) mass is 319 g/mol. The van der Waals surface area contributed by atoms with E-state index in [9.17, 15) is 10.1 Å². The van der Waals surface area contributed by atoms with Crippen molar-refractivity contribution in [2.75, 3.05) is 33.5 Å². The van der Waals surface area contributed by atoms with Crippen LogP contribution in [0.1, 0.15) is 0 Å². The van der Waals surface area contributed by atoms with Crippen LogP contribution in [0.25, 0.3) is 0 Å². The quantitative estimate of drug-likeness (QED) is 0.418. The third kappa shape index (κ3) is 4.99. The van der Waals surface area contributed by atoms with Gasteiger partial charge in [-0.05, 0) is 12.1 Å². The van der Waals surface area contributed by atoms with E-state index < -0.39 is 4.92 Å². The fourth-order valence-electron chi connectivity index (χ4n) is 1.21. The van der Waals surface area contributed by atoms with E-state index in [4.69, 9.17) is 14.2 Å². The number of methoxy groups -OCH3 is 1. The maximum atomic E-state index is 10.8. The van der Waals surface area contributed by atoms with Crippen molar-refractivity contribution in [2.24, 2.45) is 0 Å². The third-order valence-electron chi connectivity index (χ3n) is 2.03. The lowest BCUT2D eigenvalue weighted by atomic mass is 10.3. The predicted molar refractivity (Wildman–Crippen MR) is 69.0 cm³/mol. The summed E-state index contributed by atoms with van der Waals surface area (Å²) in [7, 11) is 1.59. The van der Waals surface area contributed by atoms with Crippen LogP contribution in [0.2, 0.25) is 0 Å². The first kappa shape index (κ1) is 14.9. The normalized spacial score (nSPS) is 10.3. The lowest BCUT2D eigenvalue weighted by Gasteiger charge is -2.07. The van der Waals surface area contributed by atoms with Gasteiger partial charge in [-0.1, -0.05) is 15.9 Å². The number of rotatable bonds is 8. The molecule has 0 aliphatic heterocycles. The van der Waals surface area contributed by atoms with Gasteiger partial charge < -0.3 is 14.2 Å². The summed E-state index contributed by atoms with van der Waals surface area (Å²) < 4.78 is 15.9. The largest absolute Gasteiger partial charge is 0.484 e. The van der Waals surface area contributed by atoms with E-state index in [0.29, 0.717) is 24.3 Å². The fourth-order valence-corrected chi connectivity index (χ4v) is 1.56. The lowest BCUT2D eigenvalue weighted by Crippen LogP contribution is -2.10. The van der Waals surface area contributed by atoms with Crippen LogP contribution < -0.4 is 4.74 Å². The Morgan fingerprint density at radius 2 is 2.00 bits per heavy atom. The van der Waals surface area contributed by atoms with E-state index in [2.05, 4.69) is 15.9 Å². The van der Waals surface area contributed by atoms with Gasteiger partial charge in [-0.3, -0.25) is 10.1 Å². The van der Waals surface area contributed by atoms with Crippen molar-refractivity contribution in [1.82, 2.24) is 0 Å². The van der Waals surface area contributed by atoms with Gasteiger partial charge in [0.2, 0.25) is 0 Å². The van der Waals surface area contributed by atoms with E-state index in [-0.39, 0.29) is 18.0 Å². The van der Waals surface area contributed by atoms with Gasteiger partial charge in [-0.25, -0.2) is 0 Å². The second kappa shape index (κ2) is 8.02. The molecule has 1 aromatic carbocycles. The summed E-state index contributed by atoms with van der Waals surface area (Å²) in [5.41, 5.74) is -0.0683. The van der Waals surface area contributed by atoms with Crippen LogP contribution in [0.15, 0.2) is 22.7 Å². The molecule has 0 radical (unpaired) electrons. The number of ether oxygens (including phenoxy) is 3. The highest BCUT2D eigenvalue weighted by atomic mass is 79.9. The Balaban J connectivity index is 2.44. The highest BCUT2D eigenvalue weighted by Crippen LogP contribution is 2.29. The van der Waals surface area contributed by atoms with E-state index in [1.54, 1.807) is 19.2 Å². The van der Waals surface area contributed by atoms with Gasteiger partial charge in [0, 0.05) is 17.6 Å². The molecule has 0 spiro atoms. The number of nitro groups is 1. The second-order valence-electron chi connectivity index (χ2n) is 3.32. The molecule has 1 aromatic rings. The standard InChI is InChI=1S/C11H14BrNO5/c1-16-4-5-17-6-7-18-11-3-2-9(12)8-10(11)13(14)15/h2-3,8H,4-7H2,1H3. The first-order chi connectivity index (χ1) is 8.65. The average Bonchev–Trinajstić information content (AvgIpc) is 2.35. The Hall–Kier alpha value is -1.18. The molecule has 0 saturated carbocycles. The number of hydrogen-bond acceptors (Lipinski definition) is 5. The molecule has 0 aliphatic carbocycles. The Morgan fingerprint density at radius 3 is 2.67 bits per heavy atom. The lowest BCUT2D eigenvalue weighted by molar-refractivity contribution is -0.386. The predicted octanol–water partition coefficient (Wildman–Crippen LogP) is 2.40. The fraction of sp³-hybridized carbons (Fsp3) is 0.455.